The highest BCUT2D eigenvalue weighted by atomic mass is 19.1. The summed E-state index contributed by atoms with van der Waals surface area (Å²) in [4.78, 5) is 40.9. The lowest BCUT2D eigenvalue weighted by Crippen LogP contribution is -2.58. The minimum absolute atomic E-state index is 0.130. The maximum absolute atomic E-state index is 13.2. The van der Waals surface area contributed by atoms with Crippen molar-refractivity contribution in [3.05, 3.63) is 65.1 Å². The first-order valence-electron chi connectivity index (χ1n) is 12.1. The summed E-state index contributed by atoms with van der Waals surface area (Å²) in [6.45, 7) is 5.30. The number of rotatable bonds is 10. The summed E-state index contributed by atoms with van der Waals surface area (Å²) in [5.41, 5.74) is 7.02. The smallest absolute Gasteiger partial charge is 0.334 e. The number of amides is 3. The number of aromatic nitrogens is 1. The fraction of sp³-hybridized carbons (Fsp3) is 0.370. The molecule has 0 saturated heterocycles. The second-order valence-corrected chi connectivity index (χ2v) is 8.95. The van der Waals surface area contributed by atoms with Gasteiger partial charge in [-0.2, -0.15) is 0 Å². The van der Waals surface area contributed by atoms with Gasteiger partial charge < -0.3 is 19.8 Å². The Morgan fingerprint density at radius 2 is 1.78 bits per heavy atom. The van der Waals surface area contributed by atoms with Gasteiger partial charge in [-0.1, -0.05) is 12.1 Å². The van der Waals surface area contributed by atoms with Crippen LogP contribution in [-0.4, -0.2) is 42.1 Å². The van der Waals surface area contributed by atoms with Crippen LogP contribution in [0.1, 0.15) is 43.5 Å². The monoisotopic (exact) mass is 512 g/mol. The lowest BCUT2D eigenvalue weighted by molar-refractivity contribution is -0.150. The third kappa shape index (κ3) is 7.22. The van der Waals surface area contributed by atoms with Gasteiger partial charge in [0.2, 0.25) is 5.91 Å². The topological polar surface area (TPSA) is 122 Å². The molecule has 1 aromatic heterocycles. The van der Waals surface area contributed by atoms with Crippen molar-refractivity contribution >= 4 is 28.8 Å². The van der Waals surface area contributed by atoms with Gasteiger partial charge in [0.15, 0.2) is 0 Å². The third-order valence-corrected chi connectivity index (χ3v) is 6.19. The molecule has 0 aliphatic heterocycles. The van der Waals surface area contributed by atoms with E-state index in [1.807, 2.05) is 25.1 Å². The number of fused-ring (bicyclic) bond motifs is 1. The maximum atomic E-state index is 13.2. The van der Waals surface area contributed by atoms with E-state index >= 15 is 0 Å². The van der Waals surface area contributed by atoms with Gasteiger partial charge >= 0.3 is 12.0 Å². The summed E-state index contributed by atoms with van der Waals surface area (Å²) >= 11 is 0. The highest BCUT2D eigenvalue weighted by Gasteiger charge is 2.36. The largest absolute Gasteiger partial charge is 0.497 e. The molecule has 2 aromatic carbocycles. The molecular weight excluding hydrogens is 479 g/mol. The van der Waals surface area contributed by atoms with E-state index in [-0.39, 0.29) is 25.3 Å². The number of aryl methyl sites for hydroxylation is 3. The number of nitrogens with one attached hydrogen (secondary N) is 4. The van der Waals surface area contributed by atoms with Gasteiger partial charge in [-0.25, -0.2) is 19.4 Å². The molecule has 0 fully saturated rings. The molecule has 9 nitrogen and oxygen atoms in total. The standard InChI is InChI=1S/C27H33FN4O5/c1-5-37-25(34)27(3,15-14-18-6-8-19(28)9-7-18)30-26(35)32-31-24(33)13-11-21-17(2)29-23-12-10-20(36-4)16-22(21)23/h6-10,12,16,29H,5,11,13-15H2,1-4H3,(H,31,33)(H2,30,32,35). The van der Waals surface area contributed by atoms with E-state index in [0.717, 1.165) is 33.5 Å². The zero-order valence-corrected chi connectivity index (χ0v) is 21.5. The number of carbonyl (C=O) groups excluding carboxylic acids is 3. The van der Waals surface area contributed by atoms with Crippen LogP contribution in [0.25, 0.3) is 10.9 Å². The molecule has 3 amide bonds. The average molecular weight is 513 g/mol. The first-order valence-corrected chi connectivity index (χ1v) is 12.1. The van der Waals surface area contributed by atoms with Crippen molar-refractivity contribution < 1.29 is 28.2 Å². The molecule has 0 bridgehead atoms. The van der Waals surface area contributed by atoms with E-state index < -0.39 is 23.4 Å². The number of benzene rings is 2. The van der Waals surface area contributed by atoms with Crippen LogP contribution in [0.3, 0.4) is 0 Å². The SMILES string of the molecule is CCOC(=O)C(C)(CCc1ccc(F)cc1)NC(=O)NNC(=O)CCc1c(C)[nH]c2ccc(OC)cc12. The van der Waals surface area contributed by atoms with E-state index in [2.05, 4.69) is 21.2 Å². The van der Waals surface area contributed by atoms with Gasteiger partial charge in [0.05, 0.1) is 13.7 Å². The second-order valence-electron chi connectivity index (χ2n) is 8.95. The van der Waals surface area contributed by atoms with Crippen molar-refractivity contribution in [3.63, 3.8) is 0 Å². The maximum Gasteiger partial charge on any atom is 0.334 e. The third-order valence-electron chi connectivity index (χ3n) is 6.19. The summed E-state index contributed by atoms with van der Waals surface area (Å²) < 4.78 is 23.6. The van der Waals surface area contributed by atoms with Crippen LogP contribution >= 0.6 is 0 Å². The number of H-pyrrole nitrogens is 1. The van der Waals surface area contributed by atoms with E-state index in [1.165, 1.54) is 12.1 Å². The van der Waals surface area contributed by atoms with Gasteiger partial charge in [0.1, 0.15) is 17.1 Å². The number of urea groups is 1. The number of hydrogen-bond donors (Lipinski definition) is 4. The Balaban J connectivity index is 1.56. The molecule has 10 heteroatoms. The predicted molar refractivity (Wildman–Crippen MR) is 137 cm³/mol. The van der Waals surface area contributed by atoms with E-state index in [4.69, 9.17) is 9.47 Å². The summed E-state index contributed by atoms with van der Waals surface area (Å²) in [6.07, 6.45) is 1.19. The molecule has 1 unspecified atom stereocenters. The Labute approximate surface area is 215 Å². The normalized spacial score (nSPS) is 12.5. The van der Waals surface area contributed by atoms with Gasteiger partial charge in [-0.3, -0.25) is 10.2 Å². The number of methoxy groups -OCH3 is 1. The number of esters is 1. The number of hydrazine groups is 1. The molecule has 0 radical (unpaired) electrons. The number of ether oxygens (including phenoxy) is 2. The van der Waals surface area contributed by atoms with Crippen LogP contribution in [0.2, 0.25) is 0 Å². The Kier molecular flexibility index (Phi) is 9.10. The molecule has 198 valence electrons. The van der Waals surface area contributed by atoms with Crippen LogP contribution in [0, 0.1) is 12.7 Å². The summed E-state index contributed by atoms with van der Waals surface area (Å²) in [7, 11) is 1.60. The van der Waals surface area contributed by atoms with Crippen LogP contribution in [0.5, 0.6) is 5.75 Å². The summed E-state index contributed by atoms with van der Waals surface area (Å²) in [5.74, 6) is -0.635. The van der Waals surface area contributed by atoms with Crippen LogP contribution in [0.4, 0.5) is 9.18 Å². The molecule has 0 aliphatic rings. The second kappa shape index (κ2) is 12.2. The lowest BCUT2D eigenvalue weighted by atomic mass is 9.93. The Hall–Kier alpha value is -4.08. The van der Waals surface area contributed by atoms with Gasteiger partial charge in [0.25, 0.3) is 0 Å². The van der Waals surface area contributed by atoms with Gasteiger partial charge in [-0.05, 0) is 81.5 Å². The molecular formula is C27H33FN4O5. The van der Waals surface area contributed by atoms with Gasteiger partial charge in [0, 0.05) is 23.0 Å². The van der Waals surface area contributed by atoms with Crippen LogP contribution in [0.15, 0.2) is 42.5 Å². The summed E-state index contributed by atoms with van der Waals surface area (Å²) in [6, 6.07) is 10.9. The molecule has 0 spiro atoms. The number of aromatic amines is 1. The quantitative estimate of drug-likeness (QED) is 0.243. The van der Waals surface area contributed by atoms with Crippen molar-refractivity contribution in [1.29, 1.82) is 0 Å². The first kappa shape index (κ1) is 27.5. The van der Waals surface area contributed by atoms with Crippen molar-refractivity contribution in [1.82, 2.24) is 21.2 Å². The Morgan fingerprint density at radius 1 is 1.05 bits per heavy atom. The van der Waals surface area contributed by atoms with Crippen LogP contribution in [-0.2, 0) is 27.2 Å². The highest BCUT2D eigenvalue weighted by molar-refractivity contribution is 5.89. The average Bonchev–Trinajstić information content (AvgIpc) is 3.19. The predicted octanol–water partition coefficient (Wildman–Crippen LogP) is 3.84. The van der Waals surface area contributed by atoms with E-state index in [0.29, 0.717) is 12.8 Å². The van der Waals surface area contributed by atoms with Crippen molar-refractivity contribution in [3.8, 4) is 5.75 Å². The molecule has 1 heterocycles. The van der Waals surface area contributed by atoms with E-state index in [1.54, 1.807) is 33.1 Å². The molecule has 1 atom stereocenters. The molecule has 3 rings (SSSR count). The lowest BCUT2D eigenvalue weighted by Gasteiger charge is -2.28. The number of carbonyl (C=O) groups is 3. The molecule has 4 N–H and O–H groups in total. The van der Waals surface area contributed by atoms with Crippen molar-refractivity contribution in [2.24, 2.45) is 0 Å². The minimum atomic E-state index is -1.36. The molecule has 3 aromatic rings. The van der Waals surface area contributed by atoms with Gasteiger partial charge in [-0.15, -0.1) is 0 Å². The molecule has 0 saturated carbocycles. The molecule has 37 heavy (non-hydrogen) atoms. The highest BCUT2D eigenvalue weighted by Crippen LogP contribution is 2.27. The van der Waals surface area contributed by atoms with E-state index in [9.17, 15) is 18.8 Å². The Bertz CT molecular complexity index is 1260. The minimum Gasteiger partial charge on any atom is -0.497 e. The Morgan fingerprint density at radius 3 is 2.46 bits per heavy atom. The van der Waals surface area contributed by atoms with Crippen molar-refractivity contribution in [2.45, 2.75) is 52.0 Å². The number of hydrogen-bond acceptors (Lipinski definition) is 5. The van der Waals surface area contributed by atoms with Crippen molar-refractivity contribution in [2.75, 3.05) is 13.7 Å². The zero-order valence-electron chi connectivity index (χ0n) is 21.5. The zero-order chi connectivity index (χ0) is 27.0. The fourth-order valence-corrected chi connectivity index (χ4v) is 4.07. The molecule has 0 aliphatic carbocycles. The first-order chi connectivity index (χ1) is 17.6. The fourth-order valence-electron chi connectivity index (χ4n) is 4.07. The van der Waals surface area contributed by atoms with Crippen LogP contribution < -0.4 is 20.9 Å². The summed E-state index contributed by atoms with van der Waals surface area (Å²) in [5, 5.41) is 3.57. The number of halogens is 1.